The van der Waals surface area contributed by atoms with Crippen LogP contribution in [0.15, 0.2) is 11.2 Å². The van der Waals surface area contributed by atoms with Crippen molar-refractivity contribution in [2.75, 3.05) is 39.5 Å². The molecule has 9 heteroatoms. The fourth-order valence-electron chi connectivity index (χ4n) is 3.60. The molecule has 1 N–H and O–H groups in total. The molecule has 1 aromatic rings. The number of hydrogen-bond donors (Lipinski definition) is 1. The Bertz CT molecular complexity index is 763. The number of piperidine rings is 1. The lowest BCUT2D eigenvalue weighted by molar-refractivity contribution is 0.279. The van der Waals surface area contributed by atoms with E-state index in [4.69, 9.17) is 4.99 Å². The van der Waals surface area contributed by atoms with Crippen LogP contribution >= 0.6 is 0 Å². The number of aryl methyl sites for hydroxylation is 1. The standard InChI is InChI=1S/C19H36N6O2S/c1-7-20-19(21-12-16-8-10-25(11-9-16)28(6,26)27)23(4)13-17-14-24(5)22-18(17)15(2)3/h14-16H,7-13H2,1-6H3,(H,20,21). The fourth-order valence-corrected chi connectivity index (χ4v) is 4.48. The average Bonchev–Trinajstić information content (AvgIpc) is 2.98. The van der Waals surface area contributed by atoms with Crippen LogP contribution in [0.1, 0.15) is 50.8 Å². The summed E-state index contributed by atoms with van der Waals surface area (Å²) in [5.74, 6) is 1.68. The molecule has 2 rings (SSSR count). The summed E-state index contributed by atoms with van der Waals surface area (Å²) < 4.78 is 26.8. The molecule has 0 unspecified atom stereocenters. The highest BCUT2D eigenvalue weighted by Gasteiger charge is 2.25. The second kappa shape index (κ2) is 9.73. The molecule has 0 saturated carbocycles. The van der Waals surface area contributed by atoms with Crippen molar-refractivity contribution in [3.05, 3.63) is 17.5 Å². The van der Waals surface area contributed by atoms with Gasteiger partial charge in [0.1, 0.15) is 0 Å². The van der Waals surface area contributed by atoms with Crippen LogP contribution in [0.5, 0.6) is 0 Å². The molecule has 0 aromatic carbocycles. The highest BCUT2D eigenvalue weighted by Crippen LogP contribution is 2.20. The van der Waals surface area contributed by atoms with Gasteiger partial charge >= 0.3 is 0 Å². The number of aromatic nitrogens is 2. The highest BCUT2D eigenvalue weighted by atomic mass is 32.2. The molecule has 1 aliphatic rings. The molecule has 0 atom stereocenters. The van der Waals surface area contributed by atoms with Crippen molar-refractivity contribution in [1.29, 1.82) is 0 Å². The largest absolute Gasteiger partial charge is 0.357 e. The van der Waals surface area contributed by atoms with Crippen LogP contribution in [-0.4, -0.2) is 72.8 Å². The van der Waals surface area contributed by atoms with E-state index in [1.165, 1.54) is 11.8 Å². The quantitative estimate of drug-likeness (QED) is 0.543. The van der Waals surface area contributed by atoms with Crippen LogP contribution in [0, 0.1) is 5.92 Å². The van der Waals surface area contributed by atoms with Crippen molar-refractivity contribution in [3.63, 3.8) is 0 Å². The third kappa shape index (κ3) is 6.20. The summed E-state index contributed by atoms with van der Waals surface area (Å²) in [4.78, 5) is 6.97. The second-order valence-corrected chi connectivity index (χ2v) is 10.0. The number of nitrogens with zero attached hydrogens (tertiary/aromatic N) is 5. The zero-order valence-corrected chi connectivity index (χ0v) is 19.0. The molecular weight excluding hydrogens is 376 g/mol. The van der Waals surface area contributed by atoms with Gasteiger partial charge in [0.05, 0.1) is 11.9 Å². The first-order chi connectivity index (χ1) is 13.1. The van der Waals surface area contributed by atoms with Crippen molar-refractivity contribution >= 4 is 16.0 Å². The van der Waals surface area contributed by atoms with Crippen molar-refractivity contribution in [3.8, 4) is 0 Å². The SMILES string of the molecule is CCNC(=NCC1CCN(S(C)(=O)=O)CC1)N(C)Cc1cn(C)nc1C(C)C. The molecule has 1 fully saturated rings. The van der Waals surface area contributed by atoms with Gasteiger partial charge in [-0.2, -0.15) is 5.10 Å². The molecule has 0 amide bonds. The van der Waals surface area contributed by atoms with Crippen molar-refractivity contribution in [1.82, 2.24) is 24.3 Å². The van der Waals surface area contributed by atoms with Gasteiger partial charge in [-0.15, -0.1) is 0 Å². The minimum atomic E-state index is -3.08. The Kier molecular flexibility index (Phi) is 7.88. The maximum absolute atomic E-state index is 11.7. The van der Waals surface area contributed by atoms with Gasteiger partial charge < -0.3 is 10.2 Å². The maximum Gasteiger partial charge on any atom is 0.211 e. The van der Waals surface area contributed by atoms with Gasteiger partial charge in [-0.05, 0) is 31.6 Å². The third-order valence-corrected chi connectivity index (χ3v) is 6.43. The molecule has 0 spiro atoms. The summed E-state index contributed by atoms with van der Waals surface area (Å²) in [6.07, 6.45) is 5.09. The first-order valence-electron chi connectivity index (χ1n) is 10.1. The smallest absolute Gasteiger partial charge is 0.211 e. The highest BCUT2D eigenvalue weighted by molar-refractivity contribution is 7.88. The fraction of sp³-hybridized carbons (Fsp3) is 0.789. The van der Waals surface area contributed by atoms with Gasteiger partial charge in [-0.25, -0.2) is 12.7 Å². The monoisotopic (exact) mass is 412 g/mol. The summed E-state index contributed by atoms with van der Waals surface area (Å²) in [6.45, 7) is 9.85. The zero-order valence-electron chi connectivity index (χ0n) is 18.1. The Labute approximate surface area is 170 Å². The maximum atomic E-state index is 11.7. The Morgan fingerprint density at radius 2 is 2.04 bits per heavy atom. The van der Waals surface area contributed by atoms with Crippen molar-refractivity contribution in [2.45, 2.75) is 46.1 Å². The van der Waals surface area contributed by atoms with Crippen LogP contribution < -0.4 is 5.32 Å². The molecule has 28 heavy (non-hydrogen) atoms. The van der Waals surface area contributed by atoms with Crippen molar-refractivity contribution < 1.29 is 8.42 Å². The normalized spacial score (nSPS) is 17.3. The van der Waals surface area contributed by atoms with E-state index in [1.54, 1.807) is 4.31 Å². The van der Waals surface area contributed by atoms with E-state index in [9.17, 15) is 8.42 Å². The molecular formula is C19H36N6O2S. The van der Waals surface area contributed by atoms with E-state index < -0.39 is 10.0 Å². The van der Waals surface area contributed by atoms with Crippen LogP contribution in [0.2, 0.25) is 0 Å². The average molecular weight is 413 g/mol. The van der Waals surface area contributed by atoms with Crippen LogP contribution in [0.4, 0.5) is 0 Å². The van der Waals surface area contributed by atoms with Gasteiger partial charge in [0.25, 0.3) is 0 Å². The minimum Gasteiger partial charge on any atom is -0.357 e. The number of nitrogens with one attached hydrogen (secondary N) is 1. The Balaban J connectivity index is 2.00. The van der Waals surface area contributed by atoms with Crippen LogP contribution in [0.3, 0.4) is 0 Å². The van der Waals surface area contributed by atoms with Crippen LogP contribution in [0.25, 0.3) is 0 Å². The van der Waals surface area contributed by atoms with Gasteiger partial charge in [0, 0.05) is 58.6 Å². The van der Waals surface area contributed by atoms with E-state index in [0.717, 1.165) is 37.6 Å². The van der Waals surface area contributed by atoms with E-state index in [1.807, 2.05) is 18.8 Å². The number of guanidine groups is 1. The molecule has 8 nitrogen and oxygen atoms in total. The molecule has 0 radical (unpaired) electrons. The summed E-state index contributed by atoms with van der Waals surface area (Å²) in [5.41, 5.74) is 2.34. The van der Waals surface area contributed by atoms with E-state index in [-0.39, 0.29) is 0 Å². The molecule has 1 aromatic heterocycles. The predicted octanol–water partition coefficient (Wildman–Crippen LogP) is 1.61. The summed E-state index contributed by atoms with van der Waals surface area (Å²) in [5, 5.41) is 7.96. The lowest BCUT2D eigenvalue weighted by Crippen LogP contribution is -2.40. The molecule has 0 bridgehead atoms. The second-order valence-electron chi connectivity index (χ2n) is 8.02. The molecule has 160 valence electrons. The first kappa shape index (κ1) is 22.7. The molecule has 2 heterocycles. The van der Waals surface area contributed by atoms with Gasteiger partial charge in [-0.3, -0.25) is 9.67 Å². The van der Waals surface area contributed by atoms with Gasteiger partial charge in [-0.1, -0.05) is 13.8 Å². The number of hydrogen-bond acceptors (Lipinski definition) is 4. The minimum absolute atomic E-state index is 0.379. The summed E-state index contributed by atoms with van der Waals surface area (Å²) >= 11 is 0. The van der Waals surface area contributed by atoms with E-state index in [0.29, 0.717) is 31.5 Å². The van der Waals surface area contributed by atoms with Gasteiger partial charge in [0.2, 0.25) is 10.0 Å². The topological polar surface area (TPSA) is 82.8 Å². The lowest BCUT2D eigenvalue weighted by Gasteiger charge is -2.30. The number of rotatable bonds is 7. The Morgan fingerprint density at radius 1 is 1.39 bits per heavy atom. The van der Waals surface area contributed by atoms with Gasteiger partial charge in [0.15, 0.2) is 5.96 Å². The first-order valence-corrected chi connectivity index (χ1v) is 11.9. The third-order valence-electron chi connectivity index (χ3n) is 5.13. The predicted molar refractivity (Wildman–Crippen MR) is 114 cm³/mol. The zero-order chi connectivity index (χ0) is 20.9. The molecule has 1 saturated heterocycles. The summed E-state index contributed by atoms with van der Waals surface area (Å²) in [6, 6.07) is 0. The Morgan fingerprint density at radius 3 is 2.57 bits per heavy atom. The van der Waals surface area contributed by atoms with Crippen LogP contribution in [-0.2, 0) is 23.6 Å². The van der Waals surface area contributed by atoms with E-state index in [2.05, 4.69) is 42.3 Å². The number of aliphatic imine (C=N–C) groups is 1. The summed E-state index contributed by atoms with van der Waals surface area (Å²) in [7, 11) is 0.925. The lowest BCUT2D eigenvalue weighted by atomic mass is 9.98. The van der Waals surface area contributed by atoms with E-state index >= 15 is 0 Å². The molecule has 1 aliphatic heterocycles. The van der Waals surface area contributed by atoms with Crippen molar-refractivity contribution in [2.24, 2.45) is 18.0 Å². The number of sulfonamides is 1. The molecule has 0 aliphatic carbocycles. The Hall–Kier alpha value is -1.61.